The lowest BCUT2D eigenvalue weighted by Crippen LogP contribution is -2.12. The van der Waals surface area contributed by atoms with E-state index in [1.807, 2.05) is 12.1 Å². The molecule has 0 spiro atoms. The van der Waals surface area contributed by atoms with Crippen LogP contribution in [0.2, 0.25) is 0 Å². The van der Waals surface area contributed by atoms with Crippen molar-refractivity contribution in [1.82, 2.24) is 14.5 Å². The summed E-state index contributed by atoms with van der Waals surface area (Å²) in [7, 11) is 1.69. The molecule has 0 radical (unpaired) electrons. The van der Waals surface area contributed by atoms with E-state index in [-0.39, 0.29) is 0 Å². The smallest absolute Gasteiger partial charge is 0.160 e. The van der Waals surface area contributed by atoms with Crippen LogP contribution in [0.4, 0.5) is 0 Å². The van der Waals surface area contributed by atoms with Crippen molar-refractivity contribution in [2.24, 2.45) is 5.73 Å². The maximum Gasteiger partial charge on any atom is 0.160 e. The first-order chi connectivity index (χ1) is 7.86. The molecule has 0 amide bonds. The van der Waals surface area contributed by atoms with Crippen molar-refractivity contribution in [2.75, 3.05) is 20.3 Å². The van der Waals surface area contributed by atoms with E-state index in [1.54, 1.807) is 13.3 Å². The van der Waals surface area contributed by atoms with Crippen molar-refractivity contribution in [2.45, 2.75) is 13.0 Å². The molecule has 0 atom stereocenters. The van der Waals surface area contributed by atoms with Gasteiger partial charge in [-0.05, 0) is 18.7 Å². The number of imidazole rings is 1. The van der Waals surface area contributed by atoms with Gasteiger partial charge in [0, 0.05) is 26.3 Å². The molecule has 0 bridgehead atoms. The van der Waals surface area contributed by atoms with Crippen molar-refractivity contribution < 1.29 is 4.74 Å². The molecular formula is C11H16N4O. The number of fused-ring (bicyclic) bond motifs is 1. The van der Waals surface area contributed by atoms with Crippen molar-refractivity contribution in [3.8, 4) is 0 Å². The Morgan fingerprint density at radius 3 is 3.12 bits per heavy atom. The first-order valence-electron chi connectivity index (χ1n) is 5.36. The lowest BCUT2D eigenvalue weighted by molar-refractivity contribution is 0.187. The third-order valence-electron chi connectivity index (χ3n) is 2.47. The molecule has 86 valence electrons. The molecule has 5 heteroatoms. The summed E-state index contributed by atoms with van der Waals surface area (Å²) in [5.41, 5.74) is 7.40. The van der Waals surface area contributed by atoms with Crippen LogP contribution in [0.5, 0.6) is 0 Å². The molecule has 0 aromatic carbocycles. The van der Waals surface area contributed by atoms with Gasteiger partial charge in [0.25, 0.3) is 0 Å². The van der Waals surface area contributed by atoms with Crippen LogP contribution in [-0.2, 0) is 17.7 Å². The van der Waals surface area contributed by atoms with Crippen LogP contribution in [0, 0.1) is 0 Å². The van der Waals surface area contributed by atoms with Crippen LogP contribution in [-0.4, -0.2) is 34.8 Å². The van der Waals surface area contributed by atoms with Crippen LogP contribution in [0.1, 0.15) is 5.82 Å². The molecule has 0 aliphatic heterocycles. The molecule has 2 heterocycles. The highest BCUT2D eigenvalue weighted by Crippen LogP contribution is 2.13. The van der Waals surface area contributed by atoms with Crippen molar-refractivity contribution >= 4 is 11.2 Å². The molecule has 2 aromatic heterocycles. The van der Waals surface area contributed by atoms with Gasteiger partial charge in [-0.15, -0.1) is 0 Å². The molecule has 0 saturated heterocycles. The lowest BCUT2D eigenvalue weighted by Gasteiger charge is -2.06. The summed E-state index contributed by atoms with van der Waals surface area (Å²) in [4.78, 5) is 8.86. The summed E-state index contributed by atoms with van der Waals surface area (Å²) in [5.74, 6) is 0.980. The molecular weight excluding hydrogens is 204 g/mol. The Hall–Kier alpha value is -1.46. The zero-order chi connectivity index (χ0) is 11.4. The second-order valence-corrected chi connectivity index (χ2v) is 3.56. The molecule has 16 heavy (non-hydrogen) atoms. The first kappa shape index (κ1) is 11.0. The number of nitrogens with zero attached hydrogens (tertiary/aromatic N) is 3. The minimum atomic E-state index is 0.594. The van der Waals surface area contributed by atoms with E-state index in [9.17, 15) is 0 Å². The monoisotopic (exact) mass is 220 g/mol. The van der Waals surface area contributed by atoms with Gasteiger partial charge in [0.1, 0.15) is 11.3 Å². The molecule has 0 aliphatic rings. The van der Waals surface area contributed by atoms with Crippen molar-refractivity contribution in [3.05, 3.63) is 24.2 Å². The second-order valence-electron chi connectivity index (χ2n) is 3.56. The predicted molar refractivity (Wildman–Crippen MR) is 62.2 cm³/mol. The third-order valence-corrected chi connectivity index (χ3v) is 2.47. The van der Waals surface area contributed by atoms with Gasteiger partial charge in [-0.1, -0.05) is 0 Å². The fourth-order valence-corrected chi connectivity index (χ4v) is 1.74. The highest BCUT2D eigenvalue weighted by molar-refractivity contribution is 5.71. The number of methoxy groups -OCH3 is 1. The van der Waals surface area contributed by atoms with E-state index in [2.05, 4.69) is 14.5 Å². The highest BCUT2D eigenvalue weighted by atomic mass is 16.5. The summed E-state index contributed by atoms with van der Waals surface area (Å²) in [6.45, 7) is 2.01. The van der Waals surface area contributed by atoms with Gasteiger partial charge in [0.05, 0.1) is 6.61 Å². The SMILES string of the molecule is COCCn1c(CCN)nc2cccnc21. The standard InChI is InChI=1S/C11H16N4O/c1-16-8-7-15-10(4-5-12)14-9-3-2-6-13-11(9)15/h2-3,6H,4-5,7-8,12H2,1H3. The zero-order valence-electron chi connectivity index (χ0n) is 9.39. The minimum Gasteiger partial charge on any atom is -0.383 e. The number of ether oxygens (including phenoxy) is 1. The van der Waals surface area contributed by atoms with E-state index in [4.69, 9.17) is 10.5 Å². The van der Waals surface area contributed by atoms with Gasteiger partial charge >= 0.3 is 0 Å². The second kappa shape index (κ2) is 5.05. The summed E-state index contributed by atoms with van der Waals surface area (Å²) >= 11 is 0. The van der Waals surface area contributed by atoms with Crippen LogP contribution in [0.15, 0.2) is 18.3 Å². The summed E-state index contributed by atoms with van der Waals surface area (Å²) < 4.78 is 7.16. The van der Waals surface area contributed by atoms with E-state index in [0.717, 1.165) is 30.0 Å². The van der Waals surface area contributed by atoms with Crippen LogP contribution < -0.4 is 5.73 Å². The first-order valence-corrected chi connectivity index (χ1v) is 5.36. The number of aromatic nitrogens is 3. The topological polar surface area (TPSA) is 66.0 Å². The van der Waals surface area contributed by atoms with Gasteiger partial charge in [-0.2, -0.15) is 0 Å². The average molecular weight is 220 g/mol. The number of rotatable bonds is 5. The number of pyridine rings is 1. The van der Waals surface area contributed by atoms with Crippen molar-refractivity contribution in [1.29, 1.82) is 0 Å². The Kier molecular flexibility index (Phi) is 3.48. The lowest BCUT2D eigenvalue weighted by atomic mass is 10.4. The fraction of sp³-hybridized carbons (Fsp3) is 0.455. The van der Waals surface area contributed by atoms with E-state index < -0.39 is 0 Å². The van der Waals surface area contributed by atoms with Crippen LogP contribution >= 0.6 is 0 Å². The highest BCUT2D eigenvalue weighted by Gasteiger charge is 2.09. The predicted octanol–water partition coefficient (Wildman–Crippen LogP) is 0.579. The number of hydrogen-bond acceptors (Lipinski definition) is 4. The summed E-state index contributed by atoms with van der Waals surface area (Å²) in [6, 6.07) is 3.86. The van der Waals surface area contributed by atoms with Crippen molar-refractivity contribution in [3.63, 3.8) is 0 Å². The molecule has 5 nitrogen and oxygen atoms in total. The minimum absolute atomic E-state index is 0.594. The molecule has 2 N–H and O–H groups in total. The number of nitrogens with two attached hydrogens (primary N) is 1. The van der Waals surface area contributed by atoms with Gasteiger partial charge in [0.15, 0.2) is 5.65 Å². The van der Waals surface area contributed by atoms with Crippen LogP contribution in [0.3, 0.4) is 0 Å². The molecule has 0 aliphatic carbocycles. The quantitative estimate of drug-likeness (QED) is 0.800. The van der Waals surface area contributed by atoms with E-state index in [0.29, 0.717) is 13.2 Å². The Morgan fingerprint density at radius 1 is 1.50 bits per heavy atom. The van der Waals surface area contributed by atoms with E-state index in [1.165, 1.54) is 0 Å². The average Bonchev–Trinajstić information content (AvgIpc) is 2.65. The maximum atomic E-state index is 5.57. The fourth-order valence-electron chi connectivity index (χ4n) is 1.74. The zero-order valence-corrected chi connectivity index (χ0v) is 9.39. The van der Waals surface area contributed by atoms with Gasteiger partial charge < -0.3 is 15.0 Å². The Labute approximate surface area is 94.2 Å². The van der Waals surface area contributed by atoms with E-state index >= 15 is 0 Å². The van der Waals surface area contributed by atoms with Crippen LogP contribution in [0.25, 0.3) is 11.2 Å². The Balaban J connectivity index is 2.42. The Morgan fingerprint density at radius 2 is 2.38 bits per heavy atom. The van der Waals surface area contributed by atoms with Gasteiger partial charge in [-0.25, -0.2) is 9.97 Å². The molecule has 0 fully saturated rings. The van der Waals surface area contributed by atoms with Gasteiger partial charge in [-0.3, -0.25) is 0 Å². The third kappa shape index (κ3) is 2.05. The van der Waals surface area contributed by atoms with Gasteiger partial charge in [0.2, 0.25) is 0 Å². The number of hydrogen-bond donors (Lipinski definition) is 1. The summed E-state index contributed by atoms with van der Waals surface area (Å²) in [6.07, 6.45) is 2.54. The molecule has 0 unspecified atom stereocenters. The maximum absolute atomic E-state index is 5.57. The Bertz CT molecular complexity index is 466. The molecule has 0 saturated carbocycles. The summed E-state index contributed by atoms with van der Waals surface area (Å²) in [5, 5.41) is 0. The molecule has 2 aromatic rings. The normalized spacial score (nSPS) is 11.1. The molecule has 2 rings (SSSR count). The largest absolute Gasteiger partial charge is 0.383 e.